The van der Waals surface area contributed by atoms with E-state index in [1.807, 2.05) is 36.1 Å². The van der Waals surface area contributed by atoms with Crippen LogP contribution in [0.5, 0.6) is 0 Å². The van der Waals surface area contributed by atoms with Gasteiger partial charge in [-0.25, -0.2) is 0 Å². The molecule has 0 aliphatic carbocycles. The Bertz CT molecular complexity index is 714. The summed E-state index contributed by atoms with van der Waals surface area (Å²) in [5, 5.41) is 25.3. The van der Waals surface area contributed by atoms with Crippen molar-refractivity contribution in [3.8, 4) is 5.69 Å². The van der Waals surface area contributed by atoms with E-state index in [1.165, 1.54) is 0 Å². The van der Waals surface area contributed by atoms with Gasteiger partial charge in [-0.3, -0.25) is 4.79 Å². The second kappa shape index (κ2) is 6.56. The van der Waals surface area contributed by atoms with Crippen LogP contribution < -0.4 is 10.2 Å². The van der Waals surface area contributed by atoms with Crippen LogP contribution in [0.2, 0.25) is 0 Å². The Morgan fingerprint density at radius 3 is 2.83 bits per heavy atom. The standard InChI is InChI=1S/C16H22N6O2/c1-12-4-6-13(7-5-12)22-15(18-19-20-22)21-9-3-8-16(24,11-21)10-14(23)17-2/h4-7,24H,3,8-11H2,1-2H3,(H,17,23). The van der Waals surface area contributed by atoms with Crippen LogP contribution in [0.1, 0.15) is 24.8 Å². The molecule has 8 nitrogen and oxygen atoms in total. The molecule has 0 radical (unpaired) electrons. The van der Waals surface area contributed by atoms with Crippen molar-refractivity contribution in [3.63, 3.8) is 0 Å². The third-order valence-electron chi connectivity index (χ3n) is 4.34. The molecule has 1 saturated heterocycles. The fourth-order valence-corrected chi connectivity index (χ4v) is 3.05. The number of rotatable bonds is 4. The first-order valence-corrected chi connectivity index (χ1v) is 8.04. The van der Waals surface area contributed by atoms with Gasteiger partial charge in [-0.1, -0.05) is 22.8 Å². The molecule has 0 spiro atoms. The second-order valence-corrected chi connectivity index (χ2v) is 6.33. The van der Waals surface area contributed by atoms with Gasteiger partial charge in [0.25, 0.3) is 0 Å². The van der Waals surface area contributed by atoms with Gasteiger partial charge in [0.2, 0.25) is 11.9 Å². The molecule has 3 rings (SSSR count). The minimum absolute atomic E-state index is 0.0755. The van der Waals surface area contributed by atoms with Crippen molar-refractivity contribution in [3.05, 3.63) is 29.8 Å². The van der Waals surface area contributed by atoms with Crippen LogP contribution in [-0.2, 0) is 4.79 Å². The van der Waals surface area contributed by atoms with E-state index in [1.54, 1.807) is 11.7 Å². The summed E-state index contributed by atoms with van der Waals surface area (Å²) in [5.74, 6) is 0.409. The molecular weight excluding hydrogens is 308 g/mol. The first-order valence-electron chi connectivity index (χ1n) is 8.04. The maximum Gasteiger partial charge on any atom is 0.250 e. The monoisotopic (exact) mass is 330 g/mol. The number of anilines is 1. The van der Waals surface area contributed by atoms with E-state index in [2.05, 4.69) is 20.8 Å². The number of piperidine rings is 1. The zero-order chi connectivity index (χ0) is 17.2. The lowest BCUT2D eigenvalue weighted by Crippen LogP contribution is -2.51. The predicted octanol–water partition coefficient (Wildman–Crippen LogP) is 0.438. The van der Waals surface area contributed by atoms with E-state index in [-0.39, 0.29) is 12.3 Å². The Morgan fingerprint density at radius 2 is 2.12 bits per heavy atom. The Kier molecular flexibility index (Phi) is 4.48. The van der Waals surface area contributed by atoms with Crippen LogP contribution in [0.3, 0.4) is 0 Å². The Morgan fingerprint density at radius 1 is 1.38 bits per heavy atom. The molecule has 1 aliphatic rings. The fourth-order valence-electron chi connectivity index (χ4n) is 3.05. The highest BCUT2D eigenvalue weighted by Gasteiger charge is 2.37. The number of tetrazole rings is 1. The maximum atomic E-state index is 11.7. The molecule has 2 heterocycles. The number of carbonyl (C=O) groups is 1. The molecule has 1 aliphatic heterocycles. The van der Waals surface area contributed by atoms with Gasteiger partial charge >= 0.3 is 0 Å². The first kappa shape index (κ1) is 16.4. The van der Waals surface area contributed by atoms with E-state index in [9.17, 15) is 9.90 Å². The molecule has 2 aromatic rings. The fraction of sp³-hybridized carbons (Fsp3) is 0.500. The first-order chi connectivity index (χ1) is 11.5. The summed E-state index contributed by atoms with van der Waals surface area (Å²) < 4.78 is 1.66. The van der Waals surface area contributed by atoms with Crippen molar-refractivity contribution in [1.29, 1.82) is 0 Å². The molecule has 0 saturated carbocycles. The van der Waals surface area contributed by atoms with Crippen LogP contribution in [0.15, 0.2) is 24.3 Å². The number of benzene rings is 1. The van der Waals surface area contributed by atoms with E-state index in [0.29, 0.717) is 18.9 Å². The third-order valence-corrected chi connectivity index (χ3v) is 4.34. The minimum Gasteiger partial charge on any atom is -0.388 e. The molecule has 24 heavy (non-hydrogen) atoms. The predicted molar refractivity (Wildman–Crippen MR) is 89.0 cm³/mol. The lowest BCUT2D eigenvalue weighted by molar-refractivity contribution is -0.125. The van der Waals surface area contributed by atoms with Crippen LogP contribution >= 0.6 is 0 Å². The number of nitrogens with one attached hydrogen (secondary N) is 1. The van der Waals surface area contributed by atoms with Crippen molar-refractivity contribution in [2.45, 2.75) is 31.8 Å². The summed E-state index contributed by atoms with van der Waals surface area (Å²) in [5.41, 5.74) is 0.954. The number of hydrogen-bond acceptors (Lipinski definition) is 6. The molecule has 2 N–H and O–H groups in total. The number of carbonyl (C=O) groups excluding carboxylic acids is 1. The van der Waals surface area contributed by atoms with E-state index < -0.39 is 5.60 Å². The van der Waals surface area contributed by atoms with Crippen LogP contribution in [0, 0.1) is 6.92 Å². The molecule has 1 aromatic heterocycles. The summed E-state index contributed by atoms with van der Waals surface area (Å²) in [7, 11) is 1.57. The lowest BCUT2D eigenvalue weighted by atomic mass is 9.89. The number of aromatic nitrogens is 4. The molecule has 1 amide bonds. The summed E-state index contributed by atoms with van der Waals surface area (Å²) in [6.45, 7) is 3.09. The van der Waals surface area contributed by atoms with Crippen molar-refractivity contribution in [1.82, 2.24) is 25.5 Å². The summed E-state index contributed by atoms with van der Waals surface area (Å²) in [4.78, 5) is 13.6. The molecule has 1 unspecified atom stereocenters. The summed E-state index contributed by atoms with van der Waals surface area (Å²) in [6.07, 6.45) is 1.43. The highest BCUT2D eigenvalue weighted by Crippen LogP contribution is 2.28. The maximum absolute atomic E-state index is 11.7. The Labute approximate surface area is 140 Å². The smallest absolute Gasteiger partial charge is 0.250 e. The Balaban J connectivity index is 1.83. The summed E-state index contributed by atoms with van der Waals surface area (Å²) in [6, 6.07) is 7.91. The van der Waals surface area contributed by atoms with E-state index >= 15 is 0 Å². The van der Waals surface area contributed by atoms with Gasteiger partial charge in [0, 0.05) is 13.6 Å². The number of β-amino-alcohol motifs (C(OH)–C–C–N with tert-alkyl or cyclic N) is 1. The zero-order valence-electron chi connectivity index (χ0n) is 13.9. The van der Waals surface area contributed by atoms with Gasteiger partial charge in [0.15, 0.2) is 0 Å². The van der Waals surface area contributed by atoms with Crippen molar-refractivity contribution in [2.75, 3.05) is 25.0 Å². The topological polar surface area (TPSA) is 96.2 Å². The molecule has 1 atom stereocenters. The SMILES string of the molecule is CNC(=O)CC1(O)CCCN(c2nnnn2-c2ccc(C)cc2)C1. The van der Waals surface area contributed by atoms with Crippen LogP contribution in [0.4, 0.5) is 5.95 Å². The van der Waals surface area contributed by atoms with Crippen LogP contribution in [0.25, 0.3) is 5.69 Å². The lowest BCUT2D eigenvalue weighted by Gasteiger charge is -2.38. The van der Waals surface area contributed by atoms with Gasteiger partial charge in [0.05, 0.1) is 24.3 Å². The second-order valence-electron chi connectivity index (χ2n) is 6.33. The van der Waals surface area contributed by atoms with Gasteiger partial charge in [-0.05, 0) is 42.3 Å². The number of amides is 1. The van der Waals surface area contributed by atoms with Gasteiger partial charge in [0.1, 0.15) is 0 Å². The molecule has 1 fully saturated rings. The normalized spacial score (nSPS) is 20.9. The average Bonchev–Trinajstić information content (AvgIpc) is 3.04. The highest BCUT2D eigenvalue weighted by atomic mass is 16.3. The number of hydrogen-bond donors (Lipinski definition) is 2. The number of nitrogens with zero attached hydrogens (tertiary/aromatic N) is 5. The quantitative estimate of drug-likeness (QED) is 0.844. The Hall–Kier alpha value is -2.48. The van der Waals surface area contributed by atoms with Crippen molar-refractivity contribution < 1.29 is 9.90 Å². The molecule has 8 heteroatoms. The molecule has 1 aromatic carbocycles. The molecule has 128 valence electrons. The molecule has 0 bridgehead atoms. The zero-order valence-corrected chi connectivity index (χ0v) is 13.9. The largest absolute Gasteiger partial charge is 0.388 e. The molecular formula is C16H22N6O2. The van der Waals surface area contributed by atoms with Crippen LogP contribution in [-0.4, -0.2) is 57.0 Å². The third kappa shape index (κ3) is 3.38. The average molecular weight is 330 g/mol. The van der Waals surface area contributed by atoms with Gasteiger partial charge in [-0.15, -0.1) is 0 Å². The number of aliphatic hydroxyl groups is 1. The van der Waals surface area contributed by atoms with E-state index in [4.69, 9.17) is 0 Å². The number of aryl methyl sites for hydroxylation is 1. The minimum atomic E-state index is -1.07. The van der Waals surface area contributed by atoms with Gasteiger partial charge < -0.3 is 15.3 Å². The highest BCUT2D eigenvalue weighted by molar-refractivity contribution is 5.76. The van der Waals surface area contributed by atoms with Crippen molar-refractivity contribution >= 4 is 11.9 Å². The van der Waals surface area contributed by atoms with Gasteiger partial charge in [-0.2, -0.15) is 4.68 Å². The van der Waals surface area contributed by atoms with Crippen molar-refractivity contribution in [2.24, 2.45) is 0 Å². The van der Waals surface area contributed by atoms with E-state index in [0.717, 1.165) is 24.2 Å². The summed E-state index contributed by atoms with van der Waals surface area (Å²) >= 11 is 0.